The van der Waals surface area contributed by atoms with Gasteiger partial charge in [-0.3, -0.25) is 4.79 Å². The zero-order valence-corrected chi connectivity index (χ0v) is 19.6. The lowest BCUT2D eigenvalue weighted by molar-refractivity contribution is -0.116. The van der Waals surface area contributed by atoms with Gasteiger partial charge < -0.3 is 10.1 Å². The van der Waals surface area contributed by atoms with Gasteiger partial charge in [0.25, 0.3) is 0 Å². The molecule has 152 valence electrons. The summed E-state index contributed by atoms with van der Waals surface area (Å²) in [5.74, 6) is 0.684. The first-order chi connectivity index (χ1) is 14.0. The molecule has 0 saturated carbocycles. The van der Waals surface area contributed by atoms with Crippen molar-refractivity contribution in [3.63, 3.8) is 0 Å². The highest BCUT2D eigenvalue weighted by molar-refractivity contribution is 9.10. The maximum absolute atomic E-state index is 12.2. The molecule has 8 heteroatoms. The first-order valence-corrected chi connectivity index (χ1v) is 11.5. The molecule has 3 rings (SSSR count). The topological polar surface area (TPSA) is 51.2 Å². The highest BCUT2D eigenvalue weighted by atomic mass is 79.9. The van der Waals surface area contributed by atoms with Crippen molar-refractivity contribution >= 4 is 61.5 Å². The Kier molecular flexibility index (Phi) is 7.95. The van der Waals surface area contributed by atoms with Crippen molar-refractivity contribution in [2.75, 3.05) is 11.9 Å². The van der Waals surface area contributed by atoms with Crippen LogP contribution in [0.3, 0.4) is 0 Å². The van der Waals surface area contributed by atoms with Gasteiger partial charge in [0.1, 0.15) is 5.75 Å². The summed E-state index contributed by atoms with van der Waals surface area (Å²) < 4.78 is 6.68. The Balaban J connectivity index is 1.47. The predicted octanol–water partition coefficient (Wildman–Crippen LogP) is 7.24. The molecule has 1 N–H and O–H groups in total. The molecule has 0 aliphatic rings. The van der Waals surface area contributed by atoms with Gasteiger partial charge in [-0.15, -0.1) is 11.3 Å². The number of amides is 1. The smallest absolute Gasteiger partial charge is 0.226 e. The number of nitrogens with zero attached hydrogens (tertiary/aromatic N) is 1. The number of rotatable bonds is 8. The lowest BCUT2D eigenvalue weighted by Gasteiger charge is -2.09. The number of hydrogen-bond donors (Lipinski definition) is 1. The standard InChI is InChI=1S/C21H19BrCl2N2O2S/c1-2-13-5-8-19(16(22)10-13)28-9-3-4-20(27)26-21-25-18(12-29-21)15-7-6-14(23)11-17(15)24/h5-8,10-12H,2-4,9H2,1H3,(H,25,26,27). The number of carbonyl (C=O) groups excluding carboxylic acids is 1. The van der Waals surface area contributed by atoms with Crippen LogP contribution in [-0.2, 0) is 11.2 Å². The minimum atomic E-state index is -0.0999. The molecule has 1 heterocycles. The van der Waals surface area contributed by atoms with Crippen LogP contribution >= 0.6 is 50.5 Å². The van der Waals surface area contributed by atoms with Crippen LogP contribution in [0.1, 0.15) is 25.3 Å². The van der Waals surface area contributed by atoms with E-state index in [2.05, 4.69) is 39.2 Å². The number of ether oxygens (including phenoxy) is 1. The summed E-state index contributed by atoms with van der Waals surface area (Å²) in [5.41, 5.74) is 2.72. The number of thiazole rings is 1. The van der Waals surface area contributed by atoms with Gasteiger partial charge in [-0.1, -0.05) is 36.2 Å². The van der Waals surface area contributed by atoms with Crippen molar-refractivity contribution in [3.8, 4) is 17.0 Å². The van der Waals surface area contributed by atoms with E-state index in [1.807, 2.05) is 23.6 Å². The van der Waals surface area contributed by atoms with E-state index in [1.54, 1.807) is 12.1 Å². The number of nitrogens with one attached hydrogen (secondary N) is 1. The zero-order chi connectivity index (χ0) is 20.8. The van der Waals surface area contributed by atoms with Crippen molar-refractivity contribution in [1.29, 1.82) is 0 Å². The number of anilines is 1. The molecule has 29 heavy (non-hydrogen) atoms. The highest BCUT2D eigenvalue weighted by Crippen LogP contribution is 2.32. The number of hydrogen-bond acceptors (Lipinski definition) is 4. The Labute approximate surface area is 192 Å². The summed E-state index contributed by atoms with van der Waals surface area (Å²) in [4.78, 5) is 16.6. The summed E-state index contributed by atoms with van der Waals surface area (Å²) in [7, 11) is 0. The number of carbonyl (C=O) groups is 1. The number of halogens is 3. The Bertz CT molecular complexity index is 1010. The largest absolute Gasteiger partial charge is 0.492 e. The number of aryl methyl sites for hydroxylation is 1. The average molecular weight is 514 g/mol. The van der Waals surface area contributed by atoms with Gasteiger partial charge in [0, 0.05) is 22.4 Å². The van der Waals surface area contributed by atoms with E-state index >= 15 is 0 Å². The summed E-state index contributed by atoms with van der Waals surface area (Å²) in [6, 6.07) is 11.3. The van der Waals surface area contributed by atoms with E-state index in [0.717, 1.165) is 22.2 Å². The Morgan fingerprint density at radius 2 is 2.07 bits per heavy atom. The molecule has 0 radical (unpaired) electrons. The van der Waals surface area contributed by atoms with Crippen LogP contribution < -0.4 is 10.1 Å². The molecule has 0 spiro atoms. The number of benzene rings is 2. The Hall–Kier alpha value is -1.60. The third-order valence-corrected chi connectivity index (χ3v) is 6.09. The molecular weight excluding hydrogens is 495 g/mol. The molecule has 1 amide bonds. The molecule has 0 bridgehead atoms. The lowest BCUT2D eigenvalue weighted by Crippen LogP contribution is -2.12. The minimum absolute atomic E-state index is 0.0999. The summed E-state index contributed by atoms with van der Waals surface area (Å²) in [5, 5.41) is 6.30. The summed E-state index contributed by atoms with van der Waals surface area (Å²) >= 11 is 17.0. The monoisotopic (exact) mass is 512 g/mol. The van der Waals surface area contributed by atoms with E-state index in [1.165, 1.54) is 16.9 Å². The third-order valence-electron chi connectivity index (χ3n) is 4.17. The second-order valence-corrected chi connectivity index (χ2v) is 8.84. The van der Waals surface area contributed by atoms with Crippen LogP contribution in [0.15, 0.2) is 46.3 Å². The maximum atomic E-state index is 12.2. The van der Waals surface area contributed by atoms with Gasteiger partial charge >= 0.3 is 0 Å². The van der Waals surface area contributed by atoms with Crippen molar-refractivity contribution < 1.29 is 9.53 Å². The van der Waals surface area contributed by atoms with Gasteiger partial charge in [-0.2, -0.15) is 0 Å². The molecule has 3 aromatic rings. The molecule has 0 fully saturated rings. The fourth-order valence-corrected chi connectivity index (χ4v) is 4.40. The molecule has 2 aromatic carbocycles. The maximum Gasteiger partial charge on any atom is 0.226 e. The molecular formula is C21H19BrCl2N2O2S. The summed E-state index contributed by atoms with van der Waals surface area (Å²) in [6.07, 6.45) is 1.93. The number of aromatic nitrogens is 1. The predicted molar refractivity (Wildman–Crippen MR) is 124 cm³/mol. The highest BCUT2D eigenvalue weighted by Gasteiger charge is 2.11. The fraction of sp³-hybridized carbons (Fsp3) is 0.238. The lowest BCUT2D eigenvalue weighted by atomic mass is 10.2. The molecule has 4 nitrogen and oxygen atoms in total. The van der Waals surface area contributed by atoms with Crippen LogP contribution in [0, 0.1) is 0 Å². The van der Waals surface area contributed by atoms with Gasteiger partial charge in [0.2, 0.25) is 5.91 Å². The fourth-order valence-electron chi connectivity index (χ4n) is 2.63. The first-order valence-electron chi connectivity index (χ1n) is 9.08. The van der Waals surface area contributed by atoms with Crippen molar-refractivity contribution in [2.45, 2.75) is 26.2 Å². The quantitative estimate of drug-likeness (QED) is 0.323. The van der Waals surface area contributed by atoms with Crippen LogP contribution in [0.2, 0.25) is 10.0 Å². The normalized spacial score (nSPS) is 10.8. The molecule has 0 unspecified atom stereocenters. The van der Waals surface area contributed by atoms with E-state index < -0.39 is 0 Å². The second-order valence-electron chi connectivity index (χ2n) is 6.28. The van der Waals surface area contributed by atoms with E-state index in [9.17, 15) is 4.79 Å². The van der Waals surface area contributed by atoms with Gasteiger partial charge in [-0.05, 0) is 64.7 Å². The van der Waals surface area contributed by atoms with Gasteiger partial charge in [-0.25, -0.2) is 4.98 Å². The Morgan fingerprint density at radius 1 is 1.24 bits per heavy atom. The van der Waals surface area contributed by atoms with Crippen molar-refractivity contribution in [1.82, 2.24) is 4.98 Å². The Morgan fingerprint density at radius 3 is 2.79 bits per heavy atom. The SMILES string of the molecule is CCc1ccc(OCCCC(=O)Nc2nc(-c3ccc(Cl)cc3Cl)cs2)c(Br)c1. The second kappa shape index (κ2) is 10.4. The average Bonchev–Trinajstić information content (AvgIpc) is 3.14. The van der Waals surface area contributed by atoms with E-state index in [4.69, 9.17) is 27.9 Å². The molecule has 0 aliphatic carbocycles. The van der Waals surface area contributed by atoms with Crippen molar-refractivity contribution in [3.05, 3.63) is 61.9 Å². The van der Waals surface area contributed by atoms with Crippen LogP contribution in [0.4, 0.5) is 5.13 Å². The summed E-state index contributed by atoms with van der Waals surface area (Å²) in [6.45, 7) is 2.57. The van der Waals surface area contributed by atoms with Gasteiger partial charge in [0.15, 0.2) is 5.13 Å². The minimum Gasteiger partial charge on any atom is -0.492 e. The zero-order valence-electron chi connectivity index (χ0n) is 15.7. The van der Waals surface area contributed by atoms with Crippen LogP contribution in [0.5, 0.6) is 5.75 Å². The molecule has 0 aliphatic heterocycles. The molecule has 1 aromatic heterocycles. The molecule has 0 atom stereocenters. The van der Waals surface area contributed by atoms with E-state index in [-0.39, 0.29) is 5.91 Å². The first kappa shape index (κ1) is 22.1. The van der Waals surface area contributed by atoms with Gasteiger partial charge in [0.05, 0.1) is 21.8 Å². The third kappa shape index (κ3) is 6.19. The van der Waals surface area contributed by atoms with E-state index in [0.29, 0.717) is 40.3 Å². The van der Waals surface area contributed by atoms with Crippen molar-refractivity contribution in [2.24, 2.45) is 0 Å². The van der Waals surface area contributed by atoms with Crippen LogP contribution in [0.25, 0.3) is 11.3 Å². The molecule has 0 saturated heterocycles. The van der Waals surface area contributed by atoms with Crippen LogP contribution in [-0.4, -0.2) is 17.5 Å².